The average Bonchev–Trinajstić information content (AvgIpc) is 3.12. The molecule has 2 aromatic rings. The van der Waals surface area contributed by atoms with Gasteiger partial charge in [-0.25, -0.2) is 0 Å². The number of nitrogens with zero attached hydrogens (tertiary/aromatic N) is 2. The van der Waals surface area contributed by atoms with Crippen molar-refractivity contribution in [3.63, 3.8) is 0 Å². The van der Waals surface area contributed by atoms with Gasteiger partial charge in [0.25, 0.3) is 0 Å². The Morgan fingerprint density at radius 1 is 1.22 bits per heavy atom. The number of aromatic nitrogens is 2. The monoisotopic (exact) mass is 368 g/mol. The topological polar surface area (TPSA) is 64.2 Å². The van der Waals surface area contributed by atoms with Gasteiger partial charge in [0.2, 0.25) is 0 Å². The maximum absolute atomic E-state index is 11.4. The molecule has 0 amide bonds. The summed E-state index contributed by atoms with van der Waals surface area (Å²) in [6, 6.07) is 8.80. The molecule has 1 aliphatic carbocycles. The minimum absolute atomic E-state index is 0.0848. The maximum Gasteiger partial charge on any atom is 0.0834 e. The highest BCUT2D eigenvalue weighted by molar-refractivity contribution is 5.45. The Bertz CT molecular complexity index is 774. The Balaban J connectivity index is 1.51. The highest BCUT2D eigenvalue weighted by Gasteiger charge is 2.52. The fourth-order valence-corrected chi connectivity index (χ4v) is 5.34. The van der Waals surface area contributed by atoms with Crippen LogP contribution in [0.4, 0.5) is 0 Å². The predicted octanol–water partition coefficient (Wildman–Crippen LogP) is 2.63. The lowest BCUT2D eigenvalue weighted by Crippen LogP contribution is -2.48. The zero-order valence-electron chi connectivity index (χ0n) is 16.8. The van der Waals surface area contributed by atoms with Gasteiger partial charge in [0, 0.05) is 11.1 Å². The van der Waals surface area contributed by atoms with E-state index in [9.17, 15) is 5.11 Å². The summed E-state index contributed by atoms with van der Waals surface area (Å²) in [6.07, 6.45) is 3.79. The number of hydrogen-bond acceptors (Lipinski definition) is 4. The highest BCUT2D eigenvalue weighted by Crippen LogP contribution is 2.51. The number of fused-ring (bicyclic) bond motifs is 2. The lowest BCUT2D eigenvalue weighted by atomic mass is 9.72. The van der Waals surface area contributed by atoms with E-state index in [4.69, 9.17) is 0 Å². The number of benzene rings is 1. The molecule has 0 bridgehead atoms. The SMILES string of the molecule is Cc1n[nH]c(C)c1CCCN(C)[C@@H]1c2ccccc2C2(CCNCC2)[C@H]1O. The Labute approximate surface area is 162 Å². The van der Waals surface area contributed by atoms with Crippen molar-refractivity contribution < 1.29 is 5.11 Å². The van der Waals surface area contributed by atoms with E-state index in [1.54, 1.807) is 0 Å². The van der Waals surface area contributed by atoms with Crippen LogP contribution in [0.25, 0.3) is 0 Å². The number of rotatable bonds is 5. The fraction of sp³-hybridized carbons (Fsp3) is 0.591. The summed E-state index contributed by atoms with van der Waals surface area (Å²) in [5, 5.41) is 22.3. The van der Waals surface area contributed by atoms with Gasteiger partial charge in [-0.2, -0.15) is 5.10 Å². The molecule has 1 aromatic heterocycles. The molecule has 27 heavy (non-hydrogen) atoms. The van der Waals surface area contributed by atoms with Crippen molar-refractivity contribution in [3.05, 3.63) is 52.3 Å². The number of aromatic amines is 1. The molecule has 1 spiro atoms. The Kier molecular flexibility index (Phi) is 5.10. The third kappa shape index (κ3) is 3.12. The summed E-state index contributed by atoms with van der Waals surface area (Å²) in [5.41, 5.74) is 6.23. The molecule has 2 heterocycles. The second-order valence-electron chi connectivity index (χ2n) is 8.38. The minimum Gasteiger partial charge on any atom is -0.390 e. The largest absolute Gasteiger partial charge is 0.390 e. The molecule has 4 rings (SSSR count). The quantitative estimate of drug-likeness (QED) is 0.759. The minimum atomic E-state index is -0.334. The lowest BCUT2D eigenvalue weighted by molar-refractivity contribution is 0.00637. The molecular formula is C22H32N4O. The molecule has 3 N–H and O–H groups in total. The Morgan fingerprint density at radius 2 is 1.96 bits per heavy atom. The van der Waals surface area contributed by atoms with Gasteiger partial charge in [0.05, 0.1) is 17.8 Å². The fourth-order valence-electron chi connectivity index (χ4n) is 5.34. The second-order valence-corrected chi connectivity index (χ2v) is 8.38. The molecule has 2 aliphatic rings. The third-order valence-electron chi connectivity index (χ3n) is 6.87. The van der Waals surface area contributed by atoms with Crippen molar-refractivity contribution >= 4 is 0 Å². The molecule has 1 aliphatic heterocycles. The van der Waals surface area contributed by atoms with E-state index >= 15 is 0 Å². The molecule has 1 saturated heterocycles. The van der Waals surface area contributed by atoms with Crippen LogP contribution in [0.2, 0.25) is 0 Å². The van der Waals surface area contributed by atoms with Crippen molar-refractivity contribution in [3.8, 4) is 0 Å². The van der Waals surface area contributed by atoms with Crippen LogP contribution in [0.1, 0.15) is 53.4 Å². The number of hydrogen-bond donors (Lipinski definition) is 3. The van der Waals surface area contributed by atoms with E-state index in [-0.39, 0.29) is 17.6 Å². The average molecular weight is 369 g/mol. The van der Waals surface area contributed by atoms with Gasteiger partial charge in [-0.3, -0.25) is 10.00 Å². The van der Waals surface area contributed by atoms with Crippen LogP contribution in [-0.2, 0) is 11.8 Å². The molecule has 5 heteroatoms. The number of likely N-dealkylation sites (N-methyl/N-ethyl adjacent to an activating group) is 1. The van der Waals surface area contributed by atoms with Crippen LogP contribution >= 0.6 is 0 Å². The summed E-state index contributed by atoms with van der Waals surface area (Å²) in [4.78, 5) is 2.37. The summed E-state index contributed by atoms with van der Waals surface area (Å²) >= 11 is 0. The Hall–Kier alpha value is -1.69. The number of aliphatic hydroxyl groups is 1. The van der Waals surface area contributed by atoms with Crippen molar-refractivity contribution in [2.75, 3.05) is 26.7 Å². The molecule has 0 unspecified atom stereocenters. The van der Waals surface area contributed by atoms with E-state index in [0.29, 0.717) is 0 Å². The standard InChI is InChI=1S/C22H32N4O/c1-15-17(16(2)25-24-15)8-6-14-26(3)20-18-7-4-5-9-19(18)22(21(20)27)10-12-23-13-11-22/h4-5,7,9,20-21,23,27H,6,8,10-14H2,1-3H3,(H,24,25)/t20-,21+/m1/s1. The van der Waals surface area contributed by atoms with E-state index in [1.807, 2.05) is 0 Å². The summed E-state index contributed by atoms with van der Waals surface area (Å²) < 4.78 is 0. The normalized spacial score (nSPS) is 23.9. The predicted molar refractivity (Wildman–Crippen MR) is 108 cm³/mol. The molecular weight excluding hydrogens is 336 g/mol. The first-order chi connectivity index (χ1) is 13.0. The first-order valence-electron chi connectivity index (χ1n) is 10.2. The molecule has 2 atom stereocenters. The first kappa shape index (κ1) is 18.7. The third-order valence-corrected chi connectivity index (χ3v) is 6.87. The number of H-pyrrole nitrogens is 1. The molecule has 5 nitrogen and oxygen atoms in total. The zero-order valence-corrected chi connectivity index (χ0v) is 16.8. The van der Waals surface area contributed by atoms with Crippen LogP contribution in [0.15, 0.2) is 24.3 Å². The molecule has 0 saturated carbocycles. The molecule has 146 valence electrons. The zero-order chi connectivity index (χ0) is 19.0. The number of aliphatic hydroxyl groups excluding tert-OH is 1. The van der Waals surface area contributed by atoms with Crippen LogP contribution < -0.4 is 5.32 Å². The highest BCUT2D eigenvalue weighted by atomic mass is 16.3. The van der Waals surface area contributed by atoms with Crippen molar-refractivity contribution in [1.29, 1.82) is 0 Å². The lowest BCUT2D eigenvalue weighted by Gasteiger charge is -2.40. The van der Waals surface area contributed by atoms with E-state index in [1.165, 1.54) is 22.4 Å². The summed E-state index contributed by atoms with van der Waals surface area (Å²) in [7, 11) is 2.17. The molecule has 1 fully saturated rings. The number of nitrogens with one attached hydrogen (secondary N) is 2. The summed E-state index contributed by atoms with van der Waals surface area (Å²) in [5.74, 6) is 0. The van der Waals surface area contributed by atoms with Crippen LogP contribution in [0, 0.1) is 13.8 Å². The van der Waals surface area contributed by atoms with Crippen molar-refractivity contribution in [2.24, 2.45) is 0 Å². The van der Waals surface area contributed by atoms with Crippen molar-refractivity contribution in [2.45, 2.75) is 57.1 Å². The van der Waals surface area contributed by atoms with E-state index in [0.717, 1.165) is 51.0 Å². The van der Waals surface area contributed by atoms with Gasteiger partial charge in [0.15, 0.2) is 0 Å². The van der Waals surface area contributed by atoms with Crippen LogP contribution in [0.5, 0.6) is 0 Å². The van der Waals surface area contributed by atoms with Gasteiger partial charge in [-0.05, 0) is 82.9 Å². The van der Waals surface area contributed by atoms with E-state index in [2.05, 4.69) is 65.6 Å². The molecule has 1 aromatic carbocycles. The number of piperidine rings is 1. The number of aryl methyl sites for hydroxylation is 2. The van der Waals surface area contributed by atoms with Gasteiger partial charge < -0.3 is 10.4 Å². The smallest absolute Gasteiger partial charge is 0.0834 e. The van der Waals surface area contributed by atoms with Gasteiger partial charge >= 0.3 is 0 Å². The first-order valence-corrected chi connectivity index (χ1v) is 10.2. The second kappa shape index (κ2) is 7.38. The van der Waals surface area contributed by atoms with Crippen molar-refractivity contribution in [1.82, 2.24) is 20.4 Å². The van der Waals surface area contributed by atoms with Gasteiger partial charge in [-0.15, -0.1) is 0 Å². The van der Waals surface area contributed by atoms with Crippen LogP contribution in [-0.4, -0.2) is 53.0 Å². The molecule has 0 radical (unpaired) electrons. The van der Waals surface area contributed by atoms with Gasteiger partial charge in [0.1, 0.15) is 0 Å². The summed E-state index contributed by atoms with van der Waals surface area (Å²) in [6.45, 7) is 7.10. The van der Waals surface area contributed by atoms with Crippen LogP contribution in [0.3, 0.4) is 0 Å². The Morgan fingerprint density at radius 3 is 2.67 bits per heavy atom. The van der Waals surface area contributed by atoms with Gasteiger partial charge in [-0.1, -0.05) is 24.3 Å². The van der Waals surface area contributed by atoms with E-state index < -0.39 is 0 Å². The maximum atomic E-state index is 11.4.